The first-order valence-electron chi connectivity index (χ1n) is 6.66. The van der Waals surface area contributed by atoms with Crippen molar-refractivity contribution in [3.8, 4) is 0 Å². The fraction of sp³-hybridized carbons (Fsp3) is 0.667. The number of hydrogen-bond acceptors (Lipinski definition) is 2. The van der Waals surface area contributed by atoms with Crippen LogP contribution in [0.3, 0.4) is 0 Å². The SMILES string of the molecule is C=C1C(=O)O[C@@H]2C(C)=CC[C@@H]3[C@H]2[C@H]1CC[C@H]3C. The van der Waals surface area contributed by atoms with Gasteiger partial charge in [0, 0.05) is 11.5 Å². The maximum Gasteiger partial charge on any atom is 0.334 e. The molecule has 2 aliphatic carbocycles. The van der Waals surface area contributed by atoms with E-state index in [-0.39, 0.29) is 12.1 Å². The van der Waals surface area contributed by atoms with E-state index in [1.807, 2.05) is 0 Å². The van der Waals surface area contributed by atoms with Crippen molar-refractivity contribution in [2.45, 2.75) is 39.2 Å². The molecule has 0 aromatic carbocycles. The lowest BCUT2D eigenvalue weighted by Gasteiger charge is -2.50. The summed E-state index contributed by atoms with van der Waals surface area (Å²) in [5, 5.41) is 0. The number of rotatable bonds is 0. The predicted octanol–water partition coefficient (Wildman–Crippen LogP) is 3.10. The van der Waals surface area contributed by atoms with E-state index in [1.165, 1.54) is 12.0 Å². The van der Waals surface area contributed by atoms with Gasteiger partial charge in [0.25, 0.3) is 0 Å². The van der Waals surface area contributed by atoms with E-state index < -0.39 is 0 Å². The maximum absolute atomic E-state index is 11.8. The maximum atomic E-state index is 11.8. The van der Waals surface area contributed by atoms with Crippen LogP contribution in [0.15, 0.2) is 23.8 Å². The monoisotopic (exact) mass is 232 g/mol. The molecule has 1 saturated carbocycles. The van der Waals surface area contributed by atoms with Crippen LogP contribution in [0.5, 0.6) is 0 Å². The summed E-state index contributed by atoms with van der Waals surface area (Å²) >= 11 is 0. The first kappa shape index (κ1) is 11.1. The Morgan fingerprint density at radius 3 is 2.94 bits per heavy atom. The van der Waals surface area contributed by atoms with Crippen LogP contribution in [-0.2, 0) is 9.53 Å². The van der Waals surface area contributed by atoms with Crippen molar-refractivity contribution >= 4 is 5.97 Å². The van der Waals surface area contributed by atoms with Crippen molar-refractivity contribution in [2.24, 2.45) is 23.7 Å². The molecule has 17 heavy (non-hydrogen) atoms. The van der Waals surface area contributed by atoms with Crippen molar-refractivity contribution in [1.82, 2.24) is 0 Å². The first-order valence-corrected chi connectivity index (χ1v) is 6.66. The zero-order chi connectivity index (χ0) is 12.2. The predicted molar refractivity (Wildman–Crippen MR) is 66.3 cm³/mol. The fourth-order valence-corrected chi connectivity index (χ4v) is 4.01. The van der Waals surface area contributed by atoms with E-state index in [4.69, 9.17) is 4.74 Å². The second-order valence-electron chi connectivity index (χ2n) is 5.94. The zero-order valence-electron chi connectivity index (χ0n) is 10.6. The van der Waals surface area contributed by atoms with E-state index in [0.717, 1.165) is 24.3 Å². The van der Waals surface area contributed by atoms with Crippen molar-refractivity contribution < 1.29 is 9.53 Å². The molecule has 92 valence electrons. The van der Waals surface area contributed by atoms with Gasteiger partial charge in [-0.05, 0) is 49.5 Å². The Morgan fingerprint density at radius 2 is 2.18 bits per heavy atom. The fourth-order valence-electron chi connectivity index (χ4n) is 4.01. The highest BCUT2D eigenvalue weighted by atomic mass is 16.5. The molecule has 0 aromatic heterocycles. The number of carbonyl (C=O) groups excluding carboxylic acids is 1. The second-order valence-corrected chi connectivity index (χ2v) is 5.94. The molecule has 0 radical (unpaired) electrons. The summed E-state index contributed by atoms with van der Waals surface area (Å²) in [6, 6.07) is 0. The zero-order valence-corrected chi connectivity index (χ0v) is 10.6. The minimum absolute atomic E-state index is 0.0273. The lowest BCUT2D eigenvalue weighted by Crippen LogP contribution is -2.50. The molecule has 0 unspecified atom stereocenters. The number of carbonyl (C=O) groups is 1. The molecule has 0 N–H and O–H groups in total. The molecule has 2 fully saturated rings. The third-order valence-corrected chi connectivity index (χ3v) is 5.08. The highest BCUT2D eigenvalue weighted by Gasteiger charge is 2.50. The molecule has 0 bridgehead atoms. The molecule has 0 aromatic rings. The van der Waals surface area contributed by atoms with Gasteiger partial charge in [0.2, 0.25) is 0 Å². The van der Waals surface area contributed by atoms with Gasteiger partial charge in [-0.15, -0.1) is 0 Å². The highest BCUT2D eigenvalue weighted by molar-refractivity contribution is 5.89. The van der Waals surface area contributed by atoms with Crippen LogP contribution in [0.1, 0.15) is 33.1 Å². The molecule has 0 spiro atoms. The van der Waals surface area contributed by atoms with Gasteiger partial charge in [-0.2, -0.15) is 0 Å². The molecule has 1 saturated heterocycles. The van der Waals surface area contributed by atoms with Gasteiger partial charge < -0.3 is 4.74 Å². The summed E-state index contributed by atoms with van der Waals surface area (Å²) in [5.41, 5.74) is 1.96. The normalized spacial score (nSPS) is 44.8. The molecular formula is C15H20O2. The molecule has 5 atom stereocenters. The Balaban J connectivity index is 2.02. The quantitative estimate of drug-likeness (QED) is 0.364. The minimum Gasteiger partial charge on any atom is -0.454 e. The Labute approximate surface area is 103 Å². The first-order chi connectivity index (χ1) is 8.09. The molecule has 0 amide bonds. The van der Waals surface area contributed by atoms with Crippen molar-refractivity contribution in [1.29, 1.82) is 0 Å². The average Bonchev–Trinajstić information content (AvgIpc) is 2.31. The van der Waals surface area contributed by atoms with Gasteiger partial charge in [0.05, 0.1) is 0 Å². The topological polar surface area (TPSA) is 26.3 Å². The van der Waals surface area contributed by atoms with Gasteiger partial charge in [-0.25, -0.2) is 4.79 Å². The summed E-state index contributed by atoms with van der Waals surface area (Å²) in [5.74, 6) is 2.11. The third kappa shape index (κ3) is 1.50. The molecule has 3 aliphatic rings. The molecule has 2 heteroatoms. The standard InChI is InChI=1S/C15H20O2/c1-8-4-7-12-10(3)15(16)17-14-9(2)5-6-11(8)13(12)14/h5,8,11-14H,3-4,6-7H2,1-2H3/t8-,11+,12+,13+,14-/m1/s1. The van der Waals surface area contributed by atoms with E-state index in [1.54, 1.807) is 0 Å². The van der Waals surface area contributed by atoms with Crippen LogP contribution in [-0.4, -0.2) is 12.1 Å². The van der Waals surface area contributed by atoms with Crippen LogP contribution >= 0.6 is 0 Å². The largest absolute Gasteiger partial charge is 0.454 e. The van der Waals surface area contributed by atoms with Crippen LogP contribution in [0, 0.1) is 23.7 Å². The molecule has 1 heterocycles. The summed E-state index contributed by atoms with van der Waals surface area (Å²) in [7, 11) is 0. The van der Waals surface area contributed by atoms with E-state index >= 15 is 0 Å². The third-order valence-electron chi connectivity index (χ3n) is 5.08. The summed E-state index contributed by atoms with van der Waals surface area (Å²) in [6.45, 7) is 8.40. The highest BCUT2D eigenvalue weighted by Crippen LogP contribution is 2.51. The smallest absolute Gasteiger partial charge is 0.334 e. The molecule has 1 aliphatic heterocycles. The summed E-state index contributed by atoms with van der Waals surface area (Å²) in [6.07, 6.45) is 5.78. The van der Waals surface area contributed by atoms with Gasteiger partial charge in [-0.1, -0.05) is 19.6 Å². The van der Waals surface area contributed by atoms with E-state index in [9.17, 15) is 4.79 Å². The average molecular weight is 232 g/mol. The lowest BCUT2D eigenvalue weighted by molar-refractivity contribution is -0.157. The summed E-state index contributed by atoms with van der Waals surface area (Å²) in [4.78, 5) is 11.8. The van der Waals surface area contributed by atoms with Crippen molar-refractivity contribution in [3.63, 3.8) is 0 Å². The minimum atomic E-state index is -0.167. The molecular weight excluding hydrogens is 212 g/mol. The van der Waals surface area contributed by atoms with Crippen molar-refractivity contribution in [3.05, 3.63) is 23.8 Å². The van der Waals surface area contributed by atoms with Gasteiger partial charge in [-0.3, -0.25) is 0 Å². The van der Waals surface area contributed by atoms with Crippen LogP contribution < -0.4 is 0 Å². The Kier molecular flexibility index (Phi) is 2.42. The Bertz CT molecular complexity index is 407. The second kappa shape index (κ2) is 3.72. The Hall–Kier alpha value is -1.05. The Morgan fingerprint density at radius 1 is 1.41 bits per heavy atom. The van der Waals surface area contributed by atoms with E-state index in [0.29, 0.717) is 17.8 Å². The van der Waals surface area contributed by atoms with Crippen LogP contribution in [0.4, 0.5) is 0 Å². The van der Waals surface area contributed by atoms with Gasteiger partial charge >= 0.3 is 5.97 Å². The molecule has 2 nitrogen and oxygen atoms in total. The number of ether oxygens (including phenoxy) is 1. The number of hydrogen-bond donors (Lipinski definition) is 0. The number of allylic oxidation sites excluding steroid dienone is 1. The van der Waals surface area contributed by atoms with Gasteiger partial charge in [0.1, 0.15) is 6.10 Å². The van der Waals surface area contributed by atoms with Crippen molar-refractivity contribution in [2.75, 3.05) is 0 Å². The van der Waals surface area contributed by atoms with Crippen LogP contribution in [0.2, 0.25) is 0 Å². The lowest BCUT2D eigenvalue weighted by atomic mass is 9.58. The van der Waals surface area contributed by atoms with Crippen LogP contribution in [0.25, 0.3) is 0 Å². The number of esters is 1. The summed E-state index contributed by atoms with van der Waals surface area (Å²) < 4.78 is 5.59. The molecule has 3 rings (SSSR count). The van der Waals surface area contributed by atoms with E-state index in [2.05, 4.69) is 26.5 Å². The van der Waals surface area contributed by atoms with Gasteiger partial charge in [0.15, 0.2) is 0 Å².